The maximum Gasteiger partial charge on any atom is 0.387 e. The third-order valence-corrected chi connectivity index (χ3v) is 4.96. The van der Waals surface area contributed by atoms with Gasteiger partial charge in [0.05, 0.1) is 0 Å². The predicted molar refractivity (Wildman–Crippen MR) is 82.9 cm³/mol. The fourth-order valence-electron chi connectivity index (χ4n) is 2.74. The second-order valence-corrected chi connectivity index (χ2v) is 6.81. The zero-order valence-electron chi connectivity index (χ0n) is 12.9. The van der Waals surface area contributed by atoms with Gasteiger partial charge in [-0.25, -0.2) is 0 Å². The summed E-state index contributed by atoms with van der Waals surface area (Å²) >= 11 is 1.21. The molecule has 1 saturated heterocycles. The third kappa shape index (κ3) is 4.39. The molecule has 0 radical (unpaired) electrons. The fraction of sp³-hybridized carbons (Fsp3) is 0.667. The van der Waals surface area contributed by atoms with Gasteiger partial charge in [0.2, 0.25) is 0 Å². The quantitative estimate of drug-likeness (QED) is 0.870. The smallest absolute Gasteiger partial charge is 0.387 e. The Balaban J connectivity index is 1.98. The summed E-state index contributed by atoms with van der Waals surface area (Å²) in [5.74, 6) is 0.430. The zero-order valence-corrected chi connectivity index (χ0v) is 13.7. The molecule has 0 spiro atoms. The number of hydrogen-bond acceptors (Lipinski definition) is 4. The number of nitrogens with one attached hydrogen (secondary N) is 1. The Bertz CT molecular complexity index is 500. The van der Waals surface area contributed by atoms with Gasteiger partial charge < -0.3 is 15.0 Å². The maximum atomic E-state index is 12.5. The molecule has 2 heterocycles. The van der Waals surface area contributed by atoms with Gasteiger partial charge in [-0.3, -0.25) is 4.79 Å². The summed E-state index contributed by atoms with van der Waals surface area (Å²) in [4.78, 5) is 15.4. The molecular weight excluding hydrogens is 310 g/mol. The maximum absolute atomic E-state index is 12.5. The van der Waals surface area contributed by atoms with Crippen LogP contribution in [0, 0.1) is 12.8 Å². The first-order valence-electron chi connectivity index (χ1n) is 7.50. The monoisotopic (exact) mass is 332 g/mol. The van der Waals surface area contributed by atoms with Crippen LogP contribution in [0.3, 0.4) is 0 Å². The van der Waals surface area contributed by atoms with Crippen molar-refractivity contribution in [2.75, 3.05) is 26.7 Å². The second-order valence-electron chi connectivity index (χ2n) is 5.56. The van der Waals surface area contributed by atoms with Crippen molar-refractivity contribution in [1.82, 2.24) is 10.2 Å². The lowest BCUT2D eigenvalue weighted by atomic mass is 9.93. The summed E-state index contributed by atoms with van der Waals surface area (Å²) in [6, 6.07) is 1.50. The second kappa shape index (κ2) is 7.87. The first-order chi connectivity index (χ1) is 10.5. The molecule has 0 aromatic carbocycles. The van der Waals surface area contributed by atoms with E-state index in [1.54, 1.807) is 11.8 Å². The molecule has 4 nitrogen and oxygen atoms in total. The molecule has 0 atom stereocenters. The summed E-state index contributed by atoms with van der Waals surface area (Å²) < 4.78 is 29.3. The molecule has 2 rings (SSSR count). The van der Waals surface area contributed by atoms with Crippen molar-refractivity contribution in [3.05, 3.63) is 15.8 Å². The van der Waals surface area contributed by atoms with Crippen LogP contribution in [0.4, 0.5) is 8.78 Å². The highest BCUT2D eigenvalue weighted by Gasteiger charge is 2.27. The van der Waals surface area contributed by atoms with Crippen LogP contribution < -0.4 is 10.1 Å². The zero-order chi connectivity index (χ0) is 16.1. The molecular formula is C15H22F2N2O2S. The van der Waals surface area contributed by atoms with Gasteiger partial charge in [0, 0.05) is 18.0 Å². The Morgan fingerprint density at radius 1 is 1.50 bits per heavy atom. The minimum atomic E-state index is -2.91. The van der Waals surface area contributed by atoms with E-state index in [1.165, 1.54) is 17.4 Å². The van der Waals surface area contributed by atoms with E-state index in [2.05, 4.69) is 10.1 Å². The van der Waals surface area contributed by atoms with Crippen molar-refractivity contribution < 1.29 is 18.3 Å². The van der Waals surface area contributed by atoms with Crippen LogP contribution in [0.25, 0.3) is 0 Å². The lowest BCUT2D eigenvalue weighted by molar-refractivity contribution is -0.0499. The van der Waals surface area contributed by atoms with E-state index in [1.807, 2.05) is 7.05 Å². The van der Waals surface area contributed by atoms with Gasteiger partial charge in [-0.15, -0.1) is 11.3 Å². The van der Waals surface area contributed by atoms with Crippen LogP contribution >= 0.6 is 11.3 Å². The molecule has 1 N–H and O–H groups in total. The van der Waals surface area contributed by atoms with E-state index in [0.29, 0.717) is 19.0 Å². The van der Waals surface area contributed by atoms with Gasteiger partial charge >= 0.3 is 6.61 Å². The van der Waals surface area contributed by atoms with Crippen molar-refractivity contribution >= 4 is 17.2 Å². The number of alkyl halides is 2. The van der Waals surface area contributed by atoms with Gasteiger partial charge in [-0.1, -0.05) is 0 Å². The average molecular weight is 332 g/mol. The standard InChI is InChI=1S/C15H22F2N2O2S/c1-10-9-12(21-15(16)17)13(22-10)14(20)19-7-4-11(5-8-19)3-6-18-2/h9,11,15,18H,3-8H2,1-2H3. The van der Waals surface area contributed by atoms with Gasteiger partial charge in [-0.2, -0.15) is 8.78 Å². The number of halogens is 2. The first-order valence-corrected chi connectivity index (χ1v) is 8.32. The molecule has 7 heteroatoms. The van der Waals surface area contributed by atoms with Crippen LogP contribution in [0.15, 0.2) is 6.07 Å². The number of hydrogen-bond donors (Lipinski definition) is 1. The number of piperidine rings is 1. The fourth-order valence-corrected chi connectivity index (χ4v) is 3.65. The van der Waals surface area contributed by atoms with E-state index < -0.39 is 6.61 Å². The number of ether oxygens (including phenoxy) is 1. The Morgan fingerprint density at radius 3 is 2.77 bits per heavy atom. The SMILES string of the molecule is CNCCC1CCN(C(=O)c2sc(C)cc2OC(F)F)CC1. The van der Waals surface area contributed by atoms with Gasteiger partial charge in [-0.05, 0) is 51.8 Å². The number of thiophene rings is 1. The Labute approximate surface area is 133 Å². The number of nitrogens with zero attached hydrogens (tertiary/aromatic N) is 1. The van der Waals surface area contributed by atoms with Gasteiger partial charge in [0.1, 0.15) is 10.6 Å². The summed E-state index contributed by atoms with van der Waals surface area (Å²) in [6.45, 7) is 1.21. The van der Waals surface area contributed by atoms with Crippen LogP contribution in [-0.2, 0) is 0 Å². The van der Waals surface area contributed by atoms with Crippen LogP contribution in [0.2, 0.25) is 0 Å². The van der Waals surface area contributed by atoms with E-state index in [-0.39, 0.29) is 16.5 Å². The highest BCUT2D eigenvalue weighted by molar-refractivity contribution is 7.14. The van der Waals surface area contributed by atoms with Crippen LogP contribution in [0.1, 0.15) is 33.8 Å². The number of aryl methyl sites for hydroxylation is 1. The third-order valence-electron chi connectivity index (χ3n) is 3.94. The number of rotatable bonds is 6. The molecule has 1 aliphatic heterocycles. The van der Waals surface area contributed by atoms with Crippen molar-refractivity contribution in [2.24, 2.45) is 5.92 Å². The van der Waals surface area contributed by atoms with E-state index in [0.717, 1.165) is 30.7 Å². The summed E-state index contributed by atoms with van der Waals surface area (Å²) in [6.07, 6.45) is 3.03. The van der Waals surface area contributed by atoms with E-state index in [4.69, 9.17) is 0 Å². The Morgan fingerprint density at radius 2 is 2.18 bits per heavy atom. The molecule has 1 aliphatic rings. The highest BCUT2D eigenvalue weighted by Crippen LogP contribution is 2.32. The van der Waals surface area contributed by atoms with Crippen molar-refractivity contribution in [2.45, 2.75) is 32.8 Å². The van der Waals surface area contributed by atoms with Crippen molar-refractivity contribution in [3.8, 4) is 5.75 Å². The molecule has 1 aromatic heterocycles. The summed E-state index contributed by atoms with van der Waals surface area (Å²) in [5, 5.41) is 3.14. The molecule has 0 unspecified atom stereocenters. The Hall–Kier alpha value is -1.21. The lowest BCUT2D eigenvalue weighted by Gasteiger charge is -2.32. The molecule has 0 bridgehead atoms. The molecule has 0 saturated carbocycles. The topological polar surface area (TPSA) is 41.6 Å². The summed E-state index contributed by atoms with van der Waals surface area (Å²) in [7, 11) is 1.93. The van der Waals surface area contributed by atoms with E-state index in [9.17, 15) is 13.6 Å². The summed E-state index contributed by atoms with van der Waals surface area (Å²) in [5.41, 5.74) is 0. The molecule has 1 amide bonds. The largest absolute Gasteiger partial charge is 0.433 e. The van der Waals surface area contributed by atoms with E-state index >= 15 is 0 Å². The predicted octanol–water partition coefficient (Wildman–Crippen LogP) is 3.12. The molecule has 22 heavy (non-hydrogen) atoms. The van der Waals surface area contributed by atoms with Crippen molar-refractivity contribution in [1.29, 1.82) is 0 Å². The number of carbonyl (C=O) groups excluding carboxylic acids is 1. The Kier molecular flexibility index (Phi) is 6.14. The minimum Gasteiger partial charge on any atom is -0.433 e. The van der Waals surface area contributed by atoms with Crippen molar-refractivity contribution in [3.63, 3.8) is 0 Å². The average Bonchev–Trinajstić information content (AvgIpc) is 2.84. The number of amides is 1. The van der Waals surface area contributed by atoms with Crippen LogP contribution in [-0.4, -0.2) is 44.1 Å². The highest BCUT2D eigenvalue weighted by atomic mass is 32.1. The number of likely N-dealkylation sites (tertiary alicyclic amines) is 1. The first kappa shape index (κ1) is 17.1. The van der Waals surface area contributed by atoms with Gasteiger partial charge in [0.15, 0.2) is 0 Å². The molecule has 1 fully saturated rings. The number of carbonyl (C=O) groups is 1. The van der Waals surface area contributed by atoms with Crippen LogP contribution in [0.5, 0.6) is 5.75 Å². The molecule has 124 valence electrons. The van der Waals surface area contributed by atoms with Gasteiger partial charge in [0.25, 0.3) is 5.91 Å². The molecule has 1 aromatic rings. The lowest BCUT2D eigenvalue weighted by Crippen LogP contribution is -2.38. The normalized spacial score (nSPS) is 16.3. The minimum absolute atomic E-state index is 0.000179. The molecule has 0 aliphatic carbocycles.